The van der Waals surface area contributed by atoms with E-state index in [4.69, 9.17) is 4.74 Å². The molecule has 1 amide bonds. The lowest BCUT2D eigenvalue weighted by Crippen LogP contribution is -2.29. The summed E-state index contributed by atoms with van der Waals surface area (Å²) in [6, 6.07) is 19.6. The minimum atomic E-state index is -0.403. The number of rotatable bonds is 5. The maximum Gasteiger partial charge on any atom is 0.252 e. The van der Waals surface area contributed by atoms with Crippen LogP contribution in [0.3, 0.4) is 0 Å². The first kappa shape index (κ1) is 16.1. The van der Waals surface area contributed by atoms with Gasteiger partial charge in [0.1, 0.15) is 5.82 Å². The van der Waals surface area contributed by atoms with E-state index in [-0.39, 0.29) is 18.3 Å². The lowest BCUT2D eigenvalue weighted by atomic mass is 10.0. The molecule has 0 spiro atoms. The molecule has 3 aromatic rings. The molecule has 0 unspecified atom stereocenters. The second kappa shape index (κ2) is 7.23. The maximum atomic E-state index is 13.4. The minimum absolute atomic E-state index is 0.176. The number of nitrogens with one attached hydrogen (secondary N) is 1. The molecule has 122 valence electrons. The topological polar surface area (TPSA) is 38.3 Å². The molecule has 3 nitrogen and oxygen atoms in total. The van der Waals surface area contributed by atoms with Crippen LogP contribution in [-0.2, 0) is 4.74 Å². The monoisotopic (exact) mass is 323 g/mol. The summed E-state index contributed by atoms with van der Waals surface area (Å²) in [6.45, 7) is 0.266. The van der Waals surface area contributed by atoms with Crippen LogP contribution in [0.25, 0.3) is 10.8 Å². The first-order valence-corrected chi connectivity index (χ1v) is 7.73. The zero-order chi connectivity index (χ0) is 16.9. The Balaban J connectivity index is 1.76. The van der Waals surface area contributed by atoms with Gasteiger partial charge in [0.05, 0.1) is 6.10 Å². The normalized spacial score (nSPS) is 12.1. The second-order valence-electron chi connectivity index (χ2n) is 5.52. The van der Waals surface area contributed by atoms with Crippen LogP contribution in [0.2, 0.25) is 0 Å². The van der Waals surface area contributed by atoms with Gasteiger partial charge < -0.3 is 10.1 Å². The summed E-state index contributed by atoms with van der Waals surface area (Å²) in [7, 11) is 1.54. The molecule has 24 heavy (non-hydrogen) atoms. The predicted molar refractivity (Wildman–Crippen MR) is 92.4 cm³/mol. The third kappa shape index (κ3) is 3.44. The van der Waals surface area contributed by atoms with Gasteiger partial charge in [0.25, 0.3) is 5.91 Å². The molecule has 0 aromatic heterocycles. The molecule has 3 rings (SSSR count). The van der Waals surface area contributed by atoms with Gasteiger partial charge in [-0.1, -0.05) is 48.5 Å². The summed E-state index contributed by atoms with van der Waals surface area (Å²) in [4.78, 5) is 12.5. The van der Waals surface area contributed by atoms with Crippen LogP contribution in [-0.4, -0.2) is 19.6 Å². The first-order chi connectivity index (χ1) is 11.7. The number of ether oxygens (including phenoxy) is 1. The van der Waals surface area contributed by atoms with Crippen molar-refractivity contribution in [1.29, 1.82) is 0 Å². The number of methoxy groups -OCH3 is 1. The third-order valence-electron chi connectivity index (χ3n) is 3.99. The molecule has 1 N–H and O–H groups in total. The van der Waals surface area contributed by atoms with Crippen molar-refractivity contribution in [3.05, 3.63) is 83.7 Å². The van der Waals surface area contributed by atoms with Gasteiger partial charge in [-0.3, -0.25) is 4.79 Å². The number of amides is 1. The summed E-state index contributed by atoms with van der Waals surface area (Å²) in [5.74, 6) is -0.500. The Bertz CT molecular complexity index is 858. The molecule has 0 aliphatic heterocycles. The van der Waals surface area contributed by atoms with E-state index >= 15 is 0 Å². The van der Waals surface area contributed by atoms with E-state index < -0.39 is 6.10 Å². The largest absolute Gasteiger partial charge is 0.375 e. The Morgan fingerprint density at radius 3 is 2.62 bits per heavy atom. The fourth-order valence-electron chi connectivity index (χ4n) is 2.75. The van der Waals surface area contributed by atoms with Crippen LogP contribution < -0.4 is 5.32 Å². The molecule has 0 bridgehead atoms. The molecular weight excluding hydrogens is 305 g/mol. The van der Waals surface area contributed by atoms with Crippen molar-refractivity contribution >= 4 is 16.7 Å². The van der Waals surface area contributed by atoms with Gasteiger partial charge in [-0.05, 0) is 34.5 Å². The van der Waals surface area contributed by atoms with E-state index in [1.165, 1.54) is 12.1 Å². The zero-order valence-electron chi connectivity index (χ0n) is 13.3. The van der Waals surface area contributed by atoms with Gasteiger partial charge in [-0.25, -0.2) is 4.39 Å². The maximum absolute atomic E-state index is 13.4. The van der Waals surface area contributed by atoms with Gasteiger partial charge >= 0.3 is 0 Å². The lowest BCUT2D eigenvalue weighted by molar-refractivity contribution is 0.0828. The van der Waals surface area contributed by atoms with Crippen molar-refractivity contribution in [3.63, 3.8) is 0 Å². The van der Waals surface area contributed by atoms with Crippen LogP contribution in [0.15, 0.2) is 66.7 Å². The van der Waals surface area contributed by atoms with E-state index in [9.17, 15) is 9.18 Å². The van der Waals surface area contributed by atoms with Crippen molar-refractivity contribution in [1.82, 2.24) is 5.32 Å². The predicted octanol–water partition coefficient (Wildman–Crippen LogP) is 4.10. The SMILES string of the molecule is CO[C@H](CNC(=O)c1cccc2ccccc12)c1cccc(F)c1. The summed E-state index contributed by atoms with van der Waals surface area (Å²) >= 11 is 0. The quantitative estimate of drug-likeness (QED) is 0.768. The fraction of sp³-hybridized carbons (Fsp3) is 0.150. The Labute approximate surface area is 140 Å². The summed E-state index contributed by atoms with van der Waals surface area (Å²) in [6.07, 6.45) is -0.403. The highest BCUT2D eigenvalue weighted by Crippen LogP contribution is 2.20. The average molecular weight is 323 g/mol. The number of hydrogen-bond acceptors (Lipinski definition) is 2. The summed E-state index contributed by atoms with van der Waals surface area (Å²) in [5.41, 5.74) is 1.30. The Kier molecular flexibility index (Phi) is 4.87. The van der Waals surface area contributed by atoms with Crippen LogP contribution >= 0.6 is 0 Å². The number of hydrogen-bond donors (Lipinski definition) is 1. The van der Waals surface area contributed by atoms with E-state index in [2.05, 4.69) is 5.32 Å². The van der Waals surface area contributed by atoms with Gasteiger partial charge in [-0.2, -0.15) is 0 Å². The molecule has 3 aromatic carbocycles. The summed E-state index contributed by atoms with van der Waals surface area (Å²) in [5, 5.41) is 4.79. The Morgan fingerprint density at radius 2 is 1.83 bits per heavy atom. The van der Waals surface area contributed by atoms with E-state index in [0.717, 1.165) is 10.8 Å². The van der Waals surface area contributed by atoms with Crippen LogP contribution in [0.1, 0.15) is 22.0 Å². The molecule has 0 saturated heterocycles. The Morgan fingerprint density at radius 1 is 1.08 bits per heavy atom. The van der Waals surface area contributed by atoms with E-state index in [0.29, 0.717) is 11.1 Å². The molecule has 4 heteroatoms. The van der Waals surface area contributed by atoms with Crippen molar-refractivity contribution in [2.75, 3.05) is 13.7 Å². The van der Waals surface area contributed by atoms with Gasteiger partial charge in [-0.15, -0.1) is 0 Å². The van der Waals surface area contributed by atoms with Crippen molar-refractivity contribution in [3.8, 4) is 0 Å². The number of benzene rings is 3. The zero-order valence-corrected chi connectivity index (χ0v) is 13.3. The van der Waals surface area contributed by atoms with Crippen LogP contribution in [0.4, 0.5) is 4.39 Å². The molecule has 0 radical (unpaired) electrons. The van der Waals surface area contributed by atoms with Crippen molar-refractivity contribution < 1.29 is 13.9 Å². The highest BCUT2D eigenvalue weighted by Gasteiger charge is 2.15. The number of carbonyl (C=O) groups excluding carboxylic acids is 1. The molecule has 0 aliphatic rings. The standard InChI is InChI=1S/C20H18FNO2/c1-24-19(15-8-4-9-16(21)12-15)13-22-20(23)18-11-5-7-14-6-2-3-10-17(14)18/h2-12,19H,13H2,1H3,(H,22,23)/t19-/m1/s1. The highest BCUT2D eigenvalue weighted by atomic mass is 19.1. The fourth-order valence-corrected chi connectivity index (χ4v) is 2.75. The van der Waals surface area contributed by atoms with Crippen molar-refractivity contribution in [2.45, 2.75) is 6.10 Å². The van der Waals surface area contributed by atoms with Gasteiger partial charge in [0.2, 0.25) is 0 Å². The average Bonchev–Trinajstić information content (AvgIpc) is 2.61. The molecule has 0 saturated carbocycles. The molecule has 0 aliphatic carbocycles. The smallest absolute Gasteiger partial charge is 0.252 e. The van der Waals surface area contributed by atoms with E-state index in [1.807, 2.05) is 36.4 Å². The molecular formula is C20H18FNO2. The van der Waals surface area contributed by atoms with E-state index in [1.54, 1.807) is 25.3 Å². The lowest BCUT2D eigenvalue weighted by Gasteiger charge is -2.17. The van der Waals surface area contributed by atoms with Crippen LogP contribution in [0.5, 0.6) is 0 Å². The van der Waals surface area contributed by atoms with Gasteiger partial charge in [0.15, 0.2) is 0 Å². The Hall–Kier alpha value is -2.72. The third-order valence-corrected chi connectivity index (χ3v) is 3.99. The highest BCUT2D eigenvalue weighted by molar-refractivity contribution is 6.07. The van der Waals surface area contributed by atoms with Gasteiger partial charge in [0, 0.05) is 19.2 Å². The van der Waals surface area contributed by atoms with Crippen LogP contribution in [0, 0.1) is 5.82 Å². The first-order valence-electron chi connectivity index (χ1n) is 7.73. The second-order valence-corrected chi connectivity index (χ2v) is 5.52. The number of fused-ring (bicyclic) bond motifs is 1. The van der Waals surface area contributed by atoms with Crippen molar-refractivity contribution in [2.24, 2.45) is 0 Å². The minimum Gasteiger partial charge on any atom is -0.375 e. The number of carbonyl (C=O) groups is 1. The molecule has 1 atom stereocenters. The summed E-state index contributed by atoms with van der Waals surface area (Å²) < 4.78 is 18.7. The molecule has 0 fully saturated rings. The molecule has 0 heterocycles. The number of halogens is 1.